The number of carbonyl (C=O) groups excluding carboxylic acids is 2. The average Bonchev–Trinajstić information content (AvgIpc) is 2.97. The lowest BCUT2D eigenvalue weighted by Gasteiger charge is -2.47. The number of benzene rings is 3. The maximum absolute atomic E-state index is 14.4. The molecule has 3 aromatic rings. The van der Waals surface area contributed by atoms with Gasteiger partial charge in [0.25, 0.3) is 5.91 Å². The number of aryl methyl sites for hydroxylation is 1. The van der Waals surface area contributed by atoms with Gasteiger partial charge < -0.3 is 24.2 Å². The van der Waals surface area contributed by atoms with Crippen molar-refractivity contribution < 1.29 is 19.1 Å². The number of carbonyl (C=O) groups is 2. The second-order valence-corrected chi connectivity index (χ2v) is 10.8. The Morgan fingerprint density at radius 3 is 2.36 bits per heavy atom. The summed E-state index contributed by atoms with van der Waals surface area (Å²) in [5.41, 5.74) is 5.72. The number of amides is 2. The van der Waals surface area contributed by atoms with Crippen LogP contribution in [0.5, 0.6) is 11.5 Å². The Bertz CT molecular complexity index is 1450. The lowest BCUT2D eigenvalue weighted by atomic mass is 9.75. The first-order valence-electron chi connectivity index (χ1n) is 13.4. The fourth-order valence-corrected chi connectivity index (χ4v) is 6.57. The van der Waals surface area contributed by atoms with Crippen LogP contribution in [0, 0.1) is 6.92 Å². The molecular weight excluding hydrogens is 514 g/mol. The monoisotopic (exact) mass is 545 g/mol. The van der Waals surface area contributed by atoms with Gasteiger partial charge in [0.1, 0.15) is 0 Å². The zero-order valence-electron chi connectivity index (χ0n) is 22.4. The number of fused-ring (bicyclic) bond motifs is 4. The number of anilines is 1. The summed E-state index contributed by atoms with van der Waals surface area (Å²) in [6, 6.07) is 17.0. The van der Waals surface area contributed by atoms with E-state index in [2.05, 4.69) is 11.8 Å². The molecule has 39 heavy (non-hydrogen) atoms. The molecule has 0 unspecified atom stereocenters. The molecule has 0 aliphatic carbocycles. The lowest BCUT2D eigenvalue weighted by Crippen LogP contribution is -2.54. The van der Waals surface area contributed by atoms with Gasteiger partial charge in [-0.1, -0.05) is 35.9 Å². The van der Waals surface area contributed by atoms with Gasteiger partial charge in [0, 0.05) is 49.0 Å². The topological polar surface area (TPSA) is 62.3 Å². The van der Waals surface area contributed by atoms with Crippen molar-refractivity contribution in [3.63, 3.8) is 0 Å². The average molecular weight is 546 g/mol. The largest absolute Gasteiger partial charge is 0.493 e. The molecule has 3 heterocycles. The molecule has 0 radical (unpaired) electrons. The van der Waals surface area contributed by atoms with E-state index >= 15 is 0 Å². The first-order chi connectivity index (χ1) is 18.9. The Morgan fingerprint density at radius 2 is 1.62 bits per heavy atom. The molecule has 3 aromatic carbocycles. The number of methoxy groups -OCH3 is 2. The van der Waals surface area contributed by atoms with E-state index in [1.54, 1.807) is 14.2 Å². The van der Waals surface area contributed by atoms with Gasteiger partial charge in [-0.2, -0.15) is 0 Å². The summed E-state index contributed by atoms with van der Waals surface area (Å²) in [4.78, 5) is 34.2. The third-order valence-corrected chi connectivity index (χ3v) is 8.63. The Hall–Kier alpha value is -3.71. The number of ether oxygens (including phenoxy) is 2. The molecule has 8 heteroatoms. The molecule has 1 saturated heterocycles. The Labute approximate surface area is 233 Å². The van der Waals surface area contributed by atoms with Crippen molar-refractivity contribution in [1.29, 1.82) is 0 Å². The second kappa shape index (κ2) is 10.1. The fraction of sp³-hybridized carbons (Fsp3) is 0.355. The van der Waals surface area contributed by atoms with Crippen LogP contribution in [-0.2, 0) is 11.2 Å². The van der Waals surface area contributed by atoms with E-state index in [4.69, 9.17) is 21.1 Å². The third-order valence-electron chi connectivity index (χ3n) is 8.39. The second-order valence-electron chi connectivity index (χ2n) is 10.4. The van der Waals surface area contributed by atoms with Crippen LogP contribution in [-0.4, -0.2) is 68.6 Å². The van der Waals surface area contributed by atoms with Crippen LogP contribution in [0.15, 0.2) is 54.6 Å². The standard InChI is InChI=1S/C31H32ClN3O4/c1-19-8-9-21(32)17-25(19)33-12-14-34(15-13-33)31(37)28-22-6-4-5-7-23(22)30(36)35-11-10-20-16-26(38-2)27(39-3)18-24(20)29(28)35/h4-9,16-18,28-29H,10-15H2,1-3H3/t28-,29-/m1/s1. The quantitative estimate of drug-likeness (QED) is 0.469. The number of piperazine rings is 1. The Kier molecular flexibility index (Phi) is 6.63. The first-order valence-corrected chi connectivity index (χ1v) is 13.7. The van der Waals surface area contributed by atoms with Crippen LogP contribution in [0.25, 0.3) is 0 Å². The summed E-state index contributed by atoms with van der Waals surface area (Å²) in [6.45, 7) is 5.27. The van der Waals surface area contributed by atoms with Gasteiger partial charge in [0.05, 0.1) is 26.2 Å². The van der Waals surface area contributed by atoms with Crippen molar-refractivity contribution in [2.45, 2.75) is 25.3 Å². The van der Waals surface area contributed by atoms with Crippen LogP contribution in [0.4, 0.5) is 5.69 Å². The van der Waals surface area contributed by atoms with Crippen molar-refractivity contribution in [3.05, 3.63) is 87.4 Å². The molecule has 7 nitrogen and oxygen atoms in total. The Morgan fingerprint density at radius 1 is 0.897 bits per heavy atom. The van der Waals surface area contributed by atoms with Crippen molar-refractivity contribution in [3.8, 4) is 11.5 Å². The summed E-state index contributed by atoms with van der Waals surface area (Å²) in [5.74, 6) is 0.774. The number of rotatable bonds is 4. The molecule has 202 valence electrons. The van der Waals surface area contributed by atoms with E-state index in [-0.39, 0.29) is 11.8 Å². The molecule has 2 amide bonds. The minimum absolute atomic E-state index is 0.0265. The molecule has 0 aromatic heterocycles. The van der Waals surface area contributed by atoms with Crippen molar-refractivity contribution in [2.24, 2.45) is 0 Å². The molecule has 0 spiro atoms. The van der Waals surface area contributed by atoms with Gasteiger partial charge in [0.2, 0.25) is 5.91 Å². The van der Waals surface area contributed by atoms with E-state index < -0.39 is 12.0 Å². The van der Waals surface area contributed by atoms with E-state index in [0.29, 0.717) is 48.1 Å². The number of nitrogens with zero attached hydrogens (tertiary/aromatic N) is 3. The van der Waals surface area contributed by atoms with Crippen LogP contribution in [0.2, 0.25) is 5.02 Å². The summed E-state index contributed by atoms with van der Waals surface area (Å²) < 4.78 is 11.2. The molecule has 3 aliphatic heterocycles. The number of hydrogen-bond acceptors (Lipinski definition) is 5. The van der Waals surface area contributed by atoms with Gasteiger partial charge in [0.15, 0.2) is 11.5 Å². The fourth-order valence-electron chi connectivity index (χ4n) is 6.41. The minimum Gasteiger partial charge on any atom is -0.493 e. The summed E-state index contributed by atoms with van der Waals surface area (Å²) >= 11 is 6.28. The van der Waals surface area contributed by atoms with E-state index in [9.17, 15) is 9.59 Å². The van der Waals surface area contributed by atoms with Crippen LogP contribution in [0.3, 0.4) is 0 Å². The molecule has 2 atom stereocenters. The predicted octanol–water partition coefficient (Wildman–Crippen LogP) is 4.85. The maximum Gasteiger partial charge on any atom is 0.254 e. The van der Waals surface area contributed by atoms with Gasteiger partial charge in [-0.25, -0.2) is 0 Å². The molecule has 3 aliphatic rings. The minimum atomic E-state index is -0.504. The Balaban J connectivity index is 1.36. The zero-order valence-corrected chi connectivity index (χ0v) is 23.2. The third kappa shape index (κ3) is 4.29. The molecular formula is C31H32ClN3O4. The number of halogens is 1. The smallest absolute Gasteiger partial charge is 0.254 e. The summed E-state index contributed by atoms with van der Waals surface area (Å²) in [7, 11) is 3.23. The van der Waals surface area contributed by atoms with Gasteiger partial charge in [-0.15, -0.1) is 0 Å². The zero-order chi connectivity index (χ0) is 27.3. The van der Waals surface area contributed by atoms with E-state index in [1.807, 2.05) is 64.4 Å². The van der Waals surface area contributed by atoms with Gasteiger partial charge in [-0.3, -0.25) is 9.59 Å². The summed E-state index contributed by atoms with van der Waals surface area (Å²) in [5, 5.41) is 0.709. The van der Waals surface area contributed by atoms with Crippen molar-refractivity contribution >= 4 is 29.1 Å². The van der Waals surface area contributed by atoms with Gasteiger partial charge in [-0.05, 0) is 65.9 Å². The SMILES string of the molecule is COc1cc2c(cc1OC)[C@@H]1[C@H](C(=O)N3CCN(c4cc(Cl)ccc4C)CC3)c3ccccc3C(=O)N1CC2. The molecule has 1 fully saturated rings. The molecule has 0 N–H and O–H groups in total. The highest BCUT2D eigenvalue weighted by atomic mass is 35.5. The number of hydrogen-bond donors (Lipinski definition) is 0. The van der Waals surface area contributed by atoms with Crippen molar-refractivity contribution in [2.75, 3.05) is 51.8 Å². The van der Waals surface area contributed by atoms with Crippen LogP contribution in [0.1, 0.15) is 44.6 Å². The summed E-state index contributed by atoms with van der Waals surface area (Å²) in [6.07, 6.45) is 0.693. The van der Waals surface area contributed by atoms with Crippen LogP contribution < -0.4 is 14.4 Å². The maximum atomic E-state index is 14.4. The highest BCUT2D eigenvalue weighted by molar-refractivity contribution is 6.30. The predicted molar refractivity (Wildman–Crippen MR) is 151 cm³/mol. The lowest BCUT2D eigenvalue weighted by molar-refractivity contribution is -0.135. The van der Waals surface area contributed by atoms with E-state index in [1.165, 1.54) is 0 Å². The van der Waals surface area contributed by atoms with Crippen molar-refractivity contribution in [1.82, 2.24) is 9.80 Å². The highest BCUT2D eigenvalue weighted by Crippen LogP contribution is 2.49. The normalized spacial score (nSPS) is 20.2. The highest BCUT2D eigenvalue weighted by Gasteiger charge is 2.48. The van der Waals surface area contributed by atoms with Gasteiger partial charge >= 0.3 is 0 Å². The first kappa shape index (κ1) is 25.6. The van der Waals surface area contributed by atoms with Crippen LogP contribution >= 0.6 is 11.6 Å². The molecule has 6 rings (SSSR count). The van der Waals surface area contributed by atoms with E-state index in [0.717, 1.165) is 41.0 Å². The molecule has 0 saturated carbocycles. The molecule has 0 bridgehead atoms.